The van der Waals surface area contributed by atoms with Crippen LogP contribution in [0.1, 0.15) is 33.3 Å². The van der Waals surface area contributed by atoms with E-state index in [0.29, 0.717) is 12.1 Å². The molecule has 2 heteroatoms. The van der Waals surface area contributed by atoms with Crippen molar-refractivity contribution in [2.75, 3.05) is 6.54 Å². The van der Waals surface area contributed by atoms with Gasteiger partial charge in [0.05, 0.1) is 0 Å². The van der Waals surface area contributed by atoms with Gasteiger partial charge in [-0.05, 0) is 39.7 Å². The van der Waals surface area contributed by atoms with Crippen molar-refractivity contribution in [2.24, 2.45) is 5.73 Å². The average Bonchev–Trinajstić information content (AvgIpc) is 2.26. The van der Waals surface area contributed by atoms with Crippen molar-refractivity contribution >= 4 is 0 Å². The van der Waals surface area contributed by atoms with Gasteiger partial charge in [-0.25, -0.2) is 0 Å². The smallest absolute Gasteiger partial charge is 0.0208 e. The molecule has 0 saturated heterocycles. The molecular formula is C15H26N2. The zero-order chi connectivity index (χ0) is 12.8. The molecule has 0 bridgehead atoms. The Hall–Kier alpha value is -0.860. The molecule has 1 atom stereocenters. The second kappa shape index (κ2) is 6.77. The molecule has 0 heterocycles. The van der Waals surface area contributed by atoms with E-state index in [4.69, 9.17) is 5.73 Å². The fourth-order valence-corrected chi connectivity index (χ4v) is 2.27. The Bertz CT molecular complexity index is 298. The Balaban J connectivity index is 2.51. The van der Waals surface area contributed by atoms with Crippen LogP contribution in [0.3, 0.4) is 0 Å². The van der Waals surface area contributed by atoms with Crippen LogP contribution in [0.25, 0.3) is 0 Å². The van der Waals surface area contributed by atoms with Gasteiger partial charge in [0.1, 0.15) is 0 Å². The molecule has 0 aliphatic carbocycles. The summed E-state index contributed by atoms with van der Waals surface area (Å²) >= 11 is 0. The predicted octanol–water partition coefficient (Wildman–Crippen LogP) is 2.68. The van der Waals surface area contributed by atoms with E-state index in [1.54, 1.807) is 0 Å². The monoisotopic (exact) mass is 234 g/mol. The first-order valence-electron chi connectivity index (χ1n) is 6.56. The highest BCUT2D eigenvalue weighted by Gasteiger charge is 2.16. The maximum absolute atomic E-state index is 6.24. The fraction of sp³-hybridized carbons (Fsp3) is 0.600. The fourth-order valence-electron chi connectivity index (χ4n) is 2.27. The summed E-state index contributed by atoms with van der Waals surface area (Å²) in [6, 6.07) is 11.8. The van der Waals surface area contributed by atoms with E-state index in [2.05, 4.69) is 56.9 Å². The van der Waals surface area contributed by atoms with E-state index in [-0.39, 0.29) is 6.04 Å². The molecule has 0 saturated carbocycles. The van der Waals surface area contributed by atoms with Crippen LogP contribution in [-0.4, -0.2) is 29.6 Å². The van der Waals surface area contributed by atoms with E-state index in [1.807, 2.05) is 6.07 Å². The average molecular weight is 234 g/mol. The molecule has 2 N–H and O–H groups in total. The minimum atomic E-state index is 0.210. The molecule has 0 radical (unpaired) electrons. The summed E-state index contributed by atoms with van der Waals surface area (Å²) in [5, 5.41) is 0. The normalized spacial score (nSPS) is 13.6. The molecule has 0 amide bonds. The topological polar surface area (TPSA) is 29.3 Å². The highest BCUT2D eigenvalue weighted by atomic mass is 15.2. The van der Waals surface area contributed by atoms with Crippen molar-refractivity contribution in [3.05, 3.63) is 35.9 Å². The maximum atomic E-state index is 6.24. The molecule has 0 aromatic heterocycles. The van der Waals surface area contributed by atoms with Crippen molar-refractivity contribution < 1.29 is 0 Å². The summed E-state index contributed by atoms with van der Waals surface area (Å²) in [7, 11) is 0. The number of nitrogens with zero attached hydrogens (tertiary/aromatic N) is 1. The molecule has 1 aromatic rings. The van der Waals surface area contributed by atoms with Crippen molar-refractivity contribution in [1.82, 2.24) is 4.90 Å². The molecule has 1 aromatic carbocycles. The van der Waals surface area contributed by atoms with Crippen LogP contribution in [0.2, 0.25) is 0 Å². The van der Waals surface area contributed by atoms with Crippen LogP contribution in [0.4, 0.5) is 0 Å². The van der Waals surface area contributed by atoms with Gasteiger partial charge in [0, 0.05) is 24.7 Å². The lowest BCUT2D eigenvalue weighted by Crippen LogP contribution is -2.45. The summed E-state index contributed by atoms with van der Waals surface area (Å²) in [5.41, 5.74) is 7.57. The second-order valence-electron chi connectivity index (χ2n) is 5.33. The Morgan fingerprint density at radius 2 is 1.53 bits per heavy atom. The van der Waals surface area contributed by atoms with Crippen LogP contribution in [0, 0.1) is 0 Å². The Labute approximate surface area is 106 Å². The first-order valence-corrected chi connectivity index (χ1v) is 6.56. The molecule has 1 rings (SSSR count). The lowest BCUT2D eigenvalue weighted by molar-refractivity contribution is 0.164. The van der Waals surface area contributed by atoms with E-state index >= 15 is 0 Å². The molecule has 0 aliphatic heterocycles. The largest absolute Gasteiger partial charge is 0.326 e. The second-order valence-corrected chi connectivity index (χ2v) is 5.33. The van der Waals surface area contributed by atoms with Gasteiger partial charge in [0.25, 0.3) is 0 Å². The first-order chi connectivity index (χ1) is 8.00. The molecule has 2 nitrogen and oxygen atoms in total. The molecule has 0 fully saturated rings. The van der Waals surface area contributed by atoms with Crippen molar-refractivity contribution in [2.45, 2.75) is 52.2 Å². The van der Waals surface area contributed by atoms with Gasteiger partial charge in [-0.2, -0.15) is 0 Å². The van der Waals surface area contributed by atoms with Gasteiger partial charge in [0.2, 0.25) is 0 Å². The molecule has 0 spiro atoms. The Morgan fingerprint density at radius 1 is 1.00 bits per heavy atom. The lowest BCUT2D eigenvalue weighted by Gasteiger charge is -2.32. The van der Waals surface area contributed by atoms with Gasteiger partial charge in [-0.1, -0.05) is 30.3 Å². The zero-order valence-corrected chi connectivity index (χ0v) is 11.6. The van der Waals surface area contributed by atoms with E-state index in [1.165, 1.54) is 5.56 Å². The molecule has 96 valence electrons. The van der Waals surface area contributed by atoms with Crippen molar-refractivity contribution in [3.63, 3.8) is 0 Å². The van der Waals surface area contributed by atoms with E-state index < -0.39 is 0 Å². The Kier molecular flexibility index (Phi) is 5.66. The number of nitrogens with two attached hydrogens (primary N) is 1. The standard InChI is InChI=1S/C15H26N2/c1-12(2)17(13(3)4)11-15(16)10-14-8-6-5-7-9-14/h5-9,12-13,15H,10-11,16H2,1-4H3/t15-/m0/s1. The van der Waals surface area contributed by atoms with Crippen LogP contribution >= 0.6 is 0 Å². The highest BCUT2D eigenvalue weighted by Crippen LogP contribution is 2.08. The number of benzene rings is 1. The summed E-state index contributed by atoms with van der Waals surface area (Å²) in [4.78, 5) is 2.45. The summed E-state index contributed by atoms with van der Waals surface area (Å²) in [5.74, 6) is 0. The third kappa shape index (κ3) is 4.88. The maximum Gasteiger partial charge on any atom is 0.0208 e. The van der Waals surface area contributed by atoms with Gasteiger partial charge >= 0.3 is 0 Å². The van der Waals surface area contributed by atoms with Crippen LogP contribution in [0.15, 0.2) is 30.3 Å². The number of hydrogen-bond donors (Lipinski definition) is 1. The van der Waals surface area contributed by atoms with E-state index in [0.717, 1.165) is 13.0 Å². The van der Waals surface area contributed by atoms with Crippen LogP contribution in [0.5, 0.6) is 0 Å². The highest BCUT2D eigenvalue weighted by molar-refractivity contribution is 5.15. The number of rotatable bonds is 6. The van der Waals surface area contributed by atoms with Crippen molar-refractivity contribution in [3.8, 4) is 0 Å². The predicted molar refractivity (Wildman–Crippen MR) is 75.1 cm³/mol. The lowest BCUT2D eigenvalue weighted by atomic mass is 10.1. The van der Waals surface area contributed by atoms with Gasteiger partial charge in [-0.15, -0.1) is 0 Å². The van der Waals surface area contributed by atoms with Crippen molar-refractivity contribution in [1.29, 1.82) is 0 Å². The minimum absolute atomic E-state index is 0.210. The molecule has 17 heavy (non-hydrogen) atoms. The third-order valence-corrected chi connectivity index (χ3v) is 3.11. The first kappa shape index (κ1) is 14.2. The molecule has 0 unspecified atom stereocenters. The number of hydrogen-bond acceptors (Lipinski definition) is 2. The van der Waals surface area contributed by atoms with Gasteiger partial charge in [0.15, 0.2) is 0 Å². The minimum Gasteiger partial charge on any atom is -0.326 e. The SMILES string of the molecule is CC(C)N(C[C@@H](N)Cc1ccccc1)C(C)C. The van der Waals surface area contributed by atoms with E-state index in [9.17, 15) is 0 Å². The van der Waals surface area contributed by atoms with Gasteiger partial charge < -0.3 is 5.73 Å². The summed E-state index contributed by atoms with van der Waals surface area (Å²) in [6.45, 7) is 9.89. The van der Waals surface area contributed by atoms with Crippen LogP contribution in [-0.2, 0) is 6.42 Å². The summed E-state index contributed by atoms with van der Waals surface area (Å²) in [6.07, 6.45) is 0.955. The third-order valence-electron chi connectivity index (χ3n) is 3.11. The van der Waals surface area contributed by atoms with Gasteiger partial charge in [-0.3, -0.25) is 4.90 Å². The molecular weight excluding hydrogens is 208 g/mol. The Morgan fingerprint density at radius 3 is 2.00 bits per heavy atom. The quantitative estimate of drug-likeness (QED) is 0.820. The zero-order valence-electron chi connectivity index (χ0n) is 11.6. The summed E-state index contributed by atoms with van der Waals surface area (Å²) < 4.78 is 0. The van der Waals surface area contributed by atoms with Crippen LogP contribution < -0.4 is 5.73 Å². The molecule has 0 aliphatic rings.